The second-order valence-electron chi connectivity index (χ2n) is 8.69. The maximum absolute atomic E-state index is 13.2. The maximum atomic E-state index is 13.2. The van der Waals surface area contributed by atoms with Crippen LogP contribution in [-0.4, -0.2) is 62.8 Å². The molecule has 9 heteroatoms. The van der Waals surface area contributed by atoms with E-state index in [1.165, 1.54) is 0 Å². The van der Waals surface area contributed by atoms with E-state index in [0.29, 0.717) is 55.6 Å². The van der Waals surface area contributed by atoms with Crippen molar-refractivity contribution in [1.82, 2.24) is 24.8 Å². The van der Waals surface area contributed by atoms with Gasteiger partial charge in [0.15, 0.2) is 5.69 Å². The van der Waals surface area contributed by atoms with E-state index in [-0.39, 0.29) is 24.5 Å². The Hall–Kier alpha value is -3.23. The van der Waals surface area contributed by atoms with Gasteiger partial charge in [-0.1, -0.05) is 53.2 Å². The number of piperazine rings is 1. The second-order valence-corrected chi connectivity index (χ2v) is 9.13. The summed E-state index contributed by atoms with van der Waals surface area (Å²) in [7, 11) is 0. The smallest absolute Gasteiger partial charge is 0.276 e. The molecule has 5 rings (SSSR count). The van der Waals surface area contributed by atoms with Gasteiger partial charge in [0.05, 0.1) is 25.3 Å². The van der Waals surface area contributed by atoms with Crippen LogP contribution in [0.5, 0.6) is 0 Å². The Balaban J connectivity index is 1.19. The molecule has 2 aromatic carbocycles. The van der Waals surface area contributed by atoms with E-state index in [9.17, 15) is 9.59 Å². The number of rotatable bonds is 4. The lowest BCUT2D eigenvalue weighted by molar-refractivity contribution is -0.131. The zero-order valence-electron chi connectivity index (χ0n) is 19.0. The van der Waals surface area contributed by atoms with Gasteiger partial charge in [-0.05, 0) is 35.7 Å². The van der Waals surface area contributed by atoms with E-state index in [0.717, 1.165) is 16.7 Å². The summed E-state index contributed by atoms with van der Waals surface area (Å²) >= 11 is 5.98. The molecule has 0 saturated carbocycles. The highest BCUT2D eigenvalue weighted by molar-refractivity contribution is 6.30. The first kappa shape index (κ1) is 22.6. The van der Waals surface area contributed by atoms with Crippen LogP contribution < -0.4 is 0 Å². The minimum absolute atomic E-state index is 0.0871. The summed E-state index contributed by atoms with van der Waals surface area (Å²) in [6.45, 7) is 4.72. The molecule has 0 N–H and O–H groups in total. The summed E-state index contributed by atoms with van der Waals surface area (Å²) in [6.07, 6.45) is 0.211. The summed E-state index contributed by atoms with van der Waals surface area (Å²) in [5.41, 5.74) is 4.17. The minimum atomic E-state index is -0.169. The summed E-state index contributed by atoms with van der Waals surface area (Å²) in [5.74, 6) is -0.0788. The van der Waals surface area contributed by atoms with Crippen LogP contribution in [0.4, 0.5) is 0 Å². The Morgan fingerprint density at radius 3 is 2.47 bits per heavy atom. The lowest BCUT2D eigenvalue weighted by atomic mass is 10.1. The lowest BCUT2D eigenvalue weighted by Crippen LogP contribution is -2.51. The summed E-state index contributed by atoms with van der Waals surface area (Å²) in [5, 5.41) is 9.06. The highest BCUT2D eigenvalue weighted by Gasteiger charge is 2.32. The third-order valence-corrected chi connectivity index (χ3v) is 6.82. The Morgan fingerprint density at radius 2 is 1.74 bits per heavy atom. The SMILES string of the molecule is Cc1ccccc1CC(=O)N1CCN(C(=O)c2nnn3c2COC(c2ccc(Cl)cc2)C3)CC1. The standard InChI is InChI=1S/C25H26ClN5O3/c1-17-4-2-3-5-19(17)14-23(32)29-10-12-30(13-11-29)25(33)24-21-16-34-22(15-31(21)28-27-24)18-6-8-20(26)9-7-18/h2-9,22H,10-16H2,1H3. The van der Waals surface area contributed by atoms with Crippen molar-refractivity contribution in [2.45, 2.75) is 32.6 Å². The molecule has 3 aromatic rings. The van der Waals surface area contributed by atoms with Crippen molar-refractivity contribution in [2.75, 3.05) is 26.2 Å². The predicted octanol–water partition coefficient (Wildman–Crippen LogP) is 3.04. The number of aromatic nitrogens is 3. The third-order valence-electron chi connectivity index (χ3n) is 6.56. The van der Waals surface area contributed by atoms with Crippen LogP contribution in [0, 0.1) is 6.92 Å². The fourth-order valence-corrected chi connectivity index (χ4v) is 4.57. The van der Waals surface area contributed by atoms with Crippen LogP contribution in [0.15, 0.2) is 48.5 Å². The largest absolute Gasteiger partial charge is 0.365 e. The molecule has 1 saturated heterocycles. The topological polar surface area (TPSA) is 80.6 Å². The molecule has 3 heterocycles. The van der Waals surface area contributed by atoms with Crippen molar-refractivity contribution in [3.05, 3.63) is 81.6 Å². The average Bonchev–Trinajstić information content (AvgIpc) is 3.29. The van der Waals surface area contributed by atoms with Crippen molar-refractivity contribution >= 4 is 23.4 Å². The van der Waals surface area contributed by atoms with Crippen molar-refractivity contribution in [2.24, 2.45) is 0 Å². The lowest BCUT2D eigenvalue weighted by Gasteiger charge is -2.34. The summed E-state index contributed by atoms with van der Waals surface area (Å²) in [6, 6.07) is 15.4. The molecule has 176 valence electrons. The number of hydrogen-bond donors (Lipinski definition) is 0. The molecular weight excluding hydrogens is 454 g/mol. The molecule has 0 radical (unpaired) electrons. The Labute approximate surface area is 203 Å². The molecule has 0 spiro atoms. The van der Waals surface area contributed by atoms with Gasteiger partial charge in [-0.3, -0.25) is 9.59 Å². The monoisotopic (exact) mass is 479 g/mol. The minimum Gasteiger partial charge on any atom is -0.365 e. The van der Waals surface area contributed by atoms with Gasteiger partial charge >= 0.3 is 0 Å². The Bertz CT molecular complexity index is 1200. The number of ether oxygens (including phenoxy) is 1. The van der Waals surface area contributed by atoms with Crippen LogP contribution in [-0.2, 0) is 29.1 Å². The number of amides is 2. The molecule has 1 aromatic heterocycles. The van der Waals surface area contributed by atoms with E-state index in [1.807, 2.05) is 60.4 Å². The second kappa shape index (κ2) is 9.56. The molecule has 0 aliphatic carbocycles. The van der Waals surface area contributed by atoms with E-state index < -0.39 is 0 Å². The van der Waals surface area contributed by atoms with E-state index >= 15 is 0 Å². The average molecular weight is 480 g/mol. The Kier molecular flexibility index (Phi) is 6.34. The number of nitrogens with zero attached hydrogens (tertiary/aromatic N) is 5. The highest BCUT2D eigenvalue weighted by Crippen LogP contribution is 2.28. The fourth-order valence-electron chi connectivity index (χ4n) is 4.45. The van der Waals surface area contributed by atoms with Gasteiger partial charge in [0.25, 0.3) is 5.91 Å². The number of halogens is 1. The summed E-state index contributed by atoms with van der Waals surface area (Å²) < 4.78 is 7.76. The fraction of sp³-hybridized carbons (Fsp3) is 0.360. The van der Waals surface area contributed by atoms with Crippen molar-refractivity contribution in [3.8, 4) is 0 Å². The van der Waals surface area contributed by atoms with Crippen LogP contribution in [0.1, 0.15) is 39.0 Å². The number of carbonyl (C=O) groups excluding carboxylic acids is 2. The predicted molar refractivity (Wildman–Crippen MR) is 126 cm³/mol. The van der Waals surface area contributed by atoms with E-state index in [1.54, 1.807) is 9.58 Å². The van der Waals surface area contributed by atoms with Crippen LogP contribution in [0.25, 0.3) is 0 Å². The number of carbonyl (C=O) groups is 2. The van der Waals surface area contributed by atoms with E-state index in [2.05, 4.69) is 10.3 Å². The van der Waals surface area contributed by atoms with Crippen LogP contribution >= 0.6 is 11.6 Å². The van der Waals surface area contributed by atoms with Gasteiger partial charge < -0.3 is 14.5 Å². The number of fused-ring (bicyclic) bond motifs is 1. The number of benzene rings is 2. The first-order chi connectivity index (χ1) is 16.5. The first-order valence-electron chi connectivity index (χ1n) is 11.4. The molecular formula is C25H26ClN5O3. The molecule has 2 aliphatic rings. The van der Waals surface area contributed by atoms with Crippen molar-refractivity contribution in [1.29, 1.82) is 0 Å². The van der Waals surface area contributed by atoms with E-state index in [4.69, 9.17) is 16.3 Å². The van der Waals surface area contributed by atoms with Gasteiger partial charge in [0.1, 0.15) is 6.10 Å². The zero-order chi connectivity index (χ0) is 23.7. The molecule has 2 amide bonds. The maximum Gasteiger partial charge on any atom is 0.276 e. The molecule has 8 nitrogen and oxygen atoms in total. The quantitative estimate of drug-likeness (QED) is 0.574. The number of aryl methyl sites for hydroxylation is 1. The molecule has 34 heavy (non-hydrogen) atoms. The van der Waals surface area contributed by atoms with Gasteiger partial charge in [-0.25, -0.2) is 4.68 Å². The molecule has 2 aliphatic heterocycles. The summed E-state index contributed by atoms with van der Waals surface area (Å²) in [4.78, 5) is 29.5. The zero-order valence-corrected chi connectivity index (χ0v) is 19.7. The third kappa shape index (κ3) is 4.56. The first-order valence-corrected chi connectivity index (χ1v) is 11.8. The molecule has 1 unspecified atom stereocenters. The normalized spacial score (nSPS) is 18.0. The molecule has 1 fully saturated rings. The highest BCUT2D eigenvalue weighted by atomic mass is 35.5. The Morgan fingerprint density at radius 1 is 1.03 bits per heavy atom. The van der Waals surface area contributed by atoms with Crippen LogP contribution in [0.3, 0.4) is 0 Å². The van der Waals surface area contributed by atoms with Gasteiger partial charge in [0, 0.05) is 31.2 Å². The van der Waals surface area contributed by atoms with Crippen molar-refractivity contribution < 1.29 is 14.3 Å². The van der Waals surface area contributed by atoms with Gasteiger partial charge in [0.2, 0.25) is 5.91 Å². The molecule has 1 atom stereocenters. The number of hydrogen-bond acceptors (Lipinski definition) is 5. The van der Waals surface area contributed by atoms with Gasteiger partial charge in [-0.15, -0.1) is 5.10 Å². The van der Waals surface area contributed by atoms with Crippen LogP contribution in [0.2, 0.25) is 5.02 Å². The van der Waals surface area contributed by atoms with Gasteiger partial charge in [-0.2, -0.15) is 0 Å². The molecule has 0 bridgehead atoms. The van der Waals surface area contributed by atoms with Crippen molar-refractivity contribution in [3.63, 3.8) is 0 Å².